The van der Waals surface area contributed by atoms with E-state index in [4.69, 9.17) is 9.84 Å². The van der Waals surface area contributed by atoms with Crippen LogP contribution in [0.15, 0.2) is 24.3 Å². The highest BCUT2D eigenvalue weighted by Gasteiger charge is 2.17. The van der Waals surface area contributed by atoms with E-state index < -0.39 is 34.1 Å². The van der Waals surface area contributed by atoms with Crippen LogP contribution in [0.3, 0.4) is 0 Å². The molecule has 8 heteroatoms. The quantitative estimate of drug-likeness (QED) is 0.696. The van der Waals surface area contributed by atoms with Crippen molar-refractivity contribution in [1.82, 2.24) is 5.32 Å². The van der Waals surface area contributed by atoms with Crippen molar-refractivity contribution in [2.75, 3.05) is 18.1 Å². The fraction of sp³-hybridized carbons (Fsp3) is 0.467. The van der Waals surface area contributed by atoms with Crippen molar-refractivity contribution in [2.45, 2.75) is 26.3 Å². The van der Waals surface area contributed by atoms with Crippen LogP contribution in [0.2, 0.25) is 0 Å². The molecule has 0 saturated heterocycles. The second-order valence-corrected chi connectivity index (χ2v) is 7.32. The van der Waals surface area contributed by atoms with E-state index >= 15 is 0 Å². The molecule has 1 amide bonds. The van der Waals surface area contributed by atoms with Crippen LogP contribution in [-0.2, 0) is 19.4 Å². The number of hydrogen-bond donors (Lipinski definition) is 2. The average Bonchev–Trinajstić information content (AvgIpc) is 2.44. The molecule has 23 heavy (non-hydrogen) atoms. The number of carboxylic acids is 1. The molecule has 1 rings (SSSR count). The summed E-state index contributed by atoms with van der Waals surface area (Å²) in [5.41, 5.74) is 0.758. The molecule has 0 aliphatic carbocycles. The first-order valence-electron chi connectivity index (χ1n) is 7.18. The average molecular weight is 343 g/mol. The Morgan fingerprint density at radius 2 is 1.87 bits per heavy atom. The molecule has 0 spiro atoms. The summed E-state index contributed by atoms with van der Waals surface area (Å²) in [4.78, 5) is 22.2. The van der Waals surface area contributed by atoms with E-state index in [9.17, 15) is 18.0 Å². The van der Waals surface area contributed by atoms with Crippen molar-refractivity contribution in [2.24, 2.45) is 0 Å². The van der Waals surface area contributed by atoms with Crippen molar-refractivity contribution in [3.05, 3.63) is 29.8 Å². The van der Waals surface area contributed by atoms with Gasteiger partial charge >= 0.3 is 5.97 Å². The molecule has 1 atom stereocenters. The molecule has 0 aliphatic rings. The standard InChI is InChI=1S/C15H21NO6S/c1-3-8-23(20,21)10-14(17)16-11(2)12-4-6-13(7-5-12)22-9-15(18)19/h4-7,11H,3,8-10H2,1-2H3,(H,16,17)(H,18,19). The van der Waals surface area contributed by atoms with Gasteiger partial charge in [0, 0.05) is 0 Å². The number of amides is 1. The fourth-order valence-corrected chi connectivity index (χ4v) is 3.20. The summed E-state index contributed by atoms with van der Waals surface area (Å²) in [7, 11) is -3.37. The van der Waals surface area contributed by atoms with Crippen LogP contribution in [0.25, 0.3) is 0 Å². The van der Waals surface area contributed by atoms with Crippen molar-refractivity contribution in [3.8, 4) is 5.75 Å². The van der Waals surface area contributed by atoms with Crippen molar-refractivity contribution in [3.63, 3.8) is 0 Å². The number of nitrogens with one attached hydrogen (secondary N) is 1. The summed E-state index contributed by atoms with van der Waals surface area (Å²) in [6.45, 7) is 3.05. The lowest BCUT2D eigenvalue weighted by Crippen LogP contribution is -2.33. The van der Waals surface area contributed by atoms with E-state index in [1.54, 1.807) is 38.1 Å². The summed E-state index contributed by atoms with van der Waals surface area (Å²) in [5.74, 6) is -1.74. The van der Waals surface area contributed by atoms with Gasteiger partial charge < -0.3 is 15.2 Å². The topological polar surface area (TPSA) is 110 Å². The van der Waals surface area contributed by atoms with Gasteiger partial charge in [-0.25, -0.2) is 13.2 Å². The molecule has 0 bridgehead atoms. The Hall–Kier alpha value is -2.09. The number of carbonyl (C=O) groups excluding carboxylic acids is 1. The van der Waals surface area contributed by atoms with E-state index in [0.29, 0.717) is 12.2 Å². The Bertz CT molecular complexity index is 638. The van der Waals surface area contributed by atoms with Gasteiger partial charge in [-0.1, -0.05) is 19.1 Å². The third kappa shape index (κ3) is 7.14. The molecule has 1 aromatic rings. The van der Waals surface area contributed by atoms with E-state index in [1.807, 2.05) is 0 Å². The first-order chi connectivity index (χ1) is 10.7. The van der Waals surface area contributed by atoms with Crippen LogP contribution in [0, 0.1) is 0 Å². The van der Waals surface area contributed by atoms with Crippen molar-refractivity contribution >= 4 is 21.7 Å². The molecule has 0 fully saturated rings. The molecule has 2 N–H and O–H groups in total. The minimum Gasteiger partial charge on any atom is -0.482 e. The molecule has 1 unspecified atom stereocenters. The molecule has 0 aromatic heterocycles. The minimum atomic E-state index is -3.37. The minimum absolute atomic E-state index is 0.00951. The Kier molecular flexibility index (Phi) is 7.02. The Labute approximate surface area is 135 Å². The molecular formula is C15H21NO6S. The maximum absolute atomic E-state index is 11.8. The zero-order valence-electron chi connectivity index (χ0n) is 13.1. The number of hydrogen-bond acceptors (Lipinski definition) is 5. The molecule has 0 saturated carbocycles. The summed E-state index contributed by atoms with van der Waals surface area (Å²) in [6.07, 6.45) is 0.475. The number of carbonyl (C=O) groups is 2. The van der Waals surface area contributed by atoms with Gasteiger partial charge in [-0.15, -0.1) is 0 Å². The third-order valence-electron chi connectivity index (χ3n) is 2.99. The molecule has 0 heterocycles. The molecule has 1 aromatic carbocycles. The first-order valence-corrected chi connectivity index (χ1v) is 9.00. The summed E-state index contributed by atoms with van der Waals surface area (Å²) < 4.78 is 28.2. The summed E-state index contributed by atoms with van der Waals surface area (Å²) in [6, 6.07) is 6.18. The highest BCUT2D eigenvalue weighted by atomic mass is 32.2. The van der Waals surface area contributed by atoms with Crippen LogP contribution < -0.4 is 10.1 Å². The normalized spacial score (nSPS) is 12.4. The van der Waals surface area contributed by atoms with Crippen LogP contribution in [0.4, 0.5) is 0 Å². The largest absolute Gasteiger partial charge is 0.482 e. The number of aliphatic carboxylic acids is 1. The zero-order valence-corrected chi connectivity index (χ0v) is 13.9. The van der Waals surface area contributed by atoms with E-state index in [-0.39, 0.29) is 11.8 Å². The maximum Gasteiger partial charge on any atom is 0.341 e. The number of rotatable bonds is 9. The second-order valence-electron chi connectivity index (χ2n) is 5.13. The number of carboxylic acid groups (broad SMARTS) is 1. The smallest absolute Gasteiger partial charge is 0.341 e. The zero-order chi connectivity index (χ0) is 17.5. The van der Waals surface area contributed by atoms with Crippen molar-refractivity contribution < 1.29 is 27.9 Å². The van der Waals surface area contributed by atoms with Crippen LogP contribution in [0.5, 0.6) is 5.75 Å². The van der Waals surface area contributed by atoms with E-state index in [2.05, 4.69) is 5.32 Å². The Balaban J connectivity index is 2.59. The Morgan fingerprint density at radius 3 is 2.39 bits per heavy atom. The van der Waals surface area contributed by atoms with E-state index in [0.717, 1.165) is 5.56 Å². The number of benzene rings is 1. The Morgan fingerprint density at radius 1 is 1.26 bits per heavy atom. The van der Waals surface area contributed by atoms with Gasteiger partial charge in [-0.3, -0.25) is 4.79 Å². The SMILES string of the molecule is CCCS(=O)(=O)CC(=O)NC(C)c1ccc(OCC(=O)O)cc1. The summed E-state index contributed by atoms with van der Waals surface area (Å²) >= 11 is 0. The molecule has 0 aliphatic heterocycles. The van der Waals surface area contributed by atoms with Gasteiger partial charge in [0.15, 0.2) is 16.4 Å². The van der Waals surface area contributed by atoms with E-state index in [1.165, 1.54) is 0 Å². The van der Waals surface area contributed by atoms with Crippen LogP contribution in [0.1, 0.15) is 31.9 Å². The molecule has 7 nitrogen and oxygen atoms in total. The number of sulfone groups is 1. The molecular weight excluding hydrogens is 322 g/mol. The highest BCUT2D eigenvalue weighted by Crippen LogP contribution is 2.17. The lowest BCUT2D eigenvalue weighted by atomic mass is 10.1. The molecule has 128 valence electrons. The van der Waals surface area contributed by atoms with Gasteiger partial charge in [0.1, 0.15) is 11.5 Å². The lowest BCUT2D eigenvalue weighted by molar-refractivity contribution is -0.139. The van der Waals surface area contributed by atoms with Crippen molar-refractivity contribution in [1.29, 1.82) is 0 Å². The highest BCUT2D eigenvalue weighted by molar-refractivity contribution is 7.92. The molecule has 0 radical (unpaired) electrons. The second kappa shape index (κ2) is 8.52. The van der Waals surface area contributed by atoms with Gasteiger partial charge in [0.05, 0.1) is 11.8 Å². The maximum atomic E-state index is 11.8. The number of ether oxygens (including phenoxy) is 1. The van der Waals surface area contributed by atoms with Gasteiger partial charge in [0.2, 0.25) is 5.91 Å². The van der Waals surface area contributed by atoms with Gasteiger partial charge in [-0.2, -0.15) is 0 Å². The van der Waals surface area contributed by atoms with Crippen LogP contribution in [-0.4, -0.2) is 43.5 Å². The monoisotopic (exact) mass is 343 g/mol. The predicted molar refractivity (Wildman–Crippen MR) is 85.1 cm³/mol. The fourth-order valence-electron chi connectivity index (χ4n) is 1.95. The third-order valence-corrected chi connectivity index (χ3v) is 4.72. The van der Waals surface area contributed by atoms with Gasteiger partial charge in [-0.05, 0) is 31.0 Å². The first kappa shape index (κ1) is 19.0. The van der Waals surface area contributed by atoms with Crippen LogP contribution >= 0.6 is 0 Å². The van der Waals surface area contributed by atoms with Gasteiger partial charge in [0.25, 0.3) is 0 Å². The lowest BCUT2D eigenvalue weighted by Gasteiger charge is -2.15. The summed E-state index contributed by atoms with van der Waals surface area (Å²) in [5, 5.41) is 11.2. The predicted octanol–water partition coefficient (Wildman–Crippen LogP) is 1.15.